The monoisotopic (exact) mass is 475 g/mol. The largest absolute Gasteiger partial charge is 0.446 e. The second kappa shape index (κ2) is 8.36. The first kappa shape index (κ1) is 22.8. The predicted molar refractivity (Wildman–Crippen MR) is 107 cm³/mol. The van der Waals surface area contributed by atoms with Gasteiger partial charge in [-0.15, -0.1) is 0 Å². The number of amides is 3. The lowest BCUT2D eigenvalue weighted by Crippen LogP contribution is -2.33. The Morgan fingerprint density at radius 3 is 2.42 bits per heavy atom. The van der Waals surface area contributed by atoms with E-state index in [4.69, 9.17) is 5.14 Å². The summed E-state index contributed by atoms with van der Waals surface area (Å²) in [5.74, 6) is -0.599. The van der Waals surface area contributed by atoms with Crippen molar-refractivity contribution in [3.63, 3.8) is 0 Å². The lowest BCUT2D eigenvalue weighted by atomic mass is 10.2. The van der Waals surface area contributed by atoms with Gasteiger partial charge in [0.1, 0.15) is 11.9 Å². The highest BCUT2D eigenvalue weighted by Crippen LogP contribution is 2.38. The molecular weight excluding hydrogens is 459 g/mol. The molecular formula is C17H16F3N5O4S2. The number of benzene rings is 1. The summed E-state index contributed by atoms with van der Waals surface area (Å²) in [5, 5.41) is 4.91. The zero-order valence-electron chi connectivity index (χ0n) is 15.8. The minimum Gasteiger partial charge on any atom is -0.308 e. The van der Waals surface area contributed by atoms with Crippen molar-refractivity contribution >= 4 is 45.4 Å². The van der Waals surface area contributed by atoms with E-state index in [0.717, 1.165) is 4.90 Å². The molecule has 0 aliphatic carbocycles. The summed E-state index contributed by atoms with van der Waals surface area (Å²) in [4.78, 5) is 31.4. The molecule has 0 saturated carbocycles. The molecule has 1 unspecified atom stereocenters. The first-order chi connectivity index (χ1) is 14.3. The molecule has 1 atom stereocenters. The van der Waals surface area contributed by atoms with Crippen LogP contribution in [0.4, 0.5) is 29.5 Å². The van der Waals surface area contributed by atoms with Crippen molar-refractivity contribution < 1.29 is 31.2 Å². The van der Waals surface area contributed by atoms with Crippen LogP contribution >= 0.6 is 11.8 Å². The molecule has 0 bridgehead atoms. The van der Waals surface area contributed by atoms with Crippen molar-refractivity contribution in [1.82, 2.24) is 9.88 Å². The van der Waals surface area contributed by atoms with Gasteiger partial charge in [-0.2, -0.15) is 21.6 Å². The number of anilines is 2. The Labute approximate surface area is 179 Å². The fraction of sp³-hybridized carbons (Fsp3) is 0.235. The second-order valence-corrected chi connectivity index (χ2v) is 8.93. The average Bonchev–Trinajstić information content (AvgIpc) is 2.84. The molecule has 1 saturated heterocycles. The Balaban J connectivity index is 1.79. The SMILES string of the molecule is CC1C(=O)N(c2ccc(SC(F)(F)F)cc2)C(=O)N1Cc1ccnc(NS(N)(=O)=O)c1. The second-order valence-electron chi connectivity index (χ2n) is 6.50. The van der Waals surface area contributed by atoms with E-state index >= 15 is 0 Å². The molecule has 166 valence electrons. The van der Waals surface area contributed by atoms with Crippen LogP contribution in [0.25, 0.3) is 0 Å². The summed E-state index contributed by atoms with van der Waals surface area (Å²) in [6.07, 6.45) is 1.31. The van der Waals surface area contributed by atoms with Crippen LogP contribution in [0.3, 0.4) is 0 Å². The van der Waals surface area contributed by atoms with Gasteiger partial charge in [0, 0.05) is 17.6 Å². The highest BCUT2D eigenvalue weighted by molar-refractivity contribution is 8.00. The lowest BCUT2D eigenvalue weighted by Gasteiger charge is -2.19. The third-order valence-corrected chi connectivity index (χ3v) is 5.47. The van der Waals surface area contributed by atoms with Crippen LogP contribution in [0, 0.1) is 0 Å². The number of hydrogen-bond donors (Lipinski definition) is 2. The van der Waals surface area contributed by atoms with E-state index in [0.29, 0.717) is 5.56 Å². The van der Waals surface area contributed by atoms with Crippen molar-refractivity contribution in [3.8, 4) is 0 Å². The molecule has 3 amide bonds. The van der Waals surface area contributed by atoms with E-state index in [9.17, 15) is 31.2 Å². The Kier molecular flexibility index (Phi) is 6.16. The van der Waals surface area contributed by atoms with Gasteiger partial charge in [0.15, 0.2) is 0 Å². The van der Waals surface area contributed by atoms with Gasteiger partial charge in [0.05, 0.1) is 5.69 Å². The van der Waals surface area contributed by atoms with E-state index in [-0.39, 0.29) is 34.7 Å². The van der Waals surface area contributed by atoms with Gasteiger partial charge >= 0.3 is 11.5 Å². The van der Waals surface area contributed by atoms with Gasteiger partial charge in [0.25, 0.3) is 16.1 Å². The number of nitrogens with zero attached hydrogens (tertiary/aromatic N) is 3. The summed E-state index contributed by atoms with van der Waals surface area (Å²) >= 11 is -0.301. The van der Waals surface area contributed by atoms with Gasteiger partial charge in [0.2, 0.25) is 0 Å². The summed E-state index contributed by atoms with van der Waals surface area (Å²) in [6.45, 7) is 1.48. The number of urea groups is 1. The van der Waals surface area contributed by atoms with Gasteiger partial charge in [-0.25, -0.2) is 19.8 Å². The average molecular weight is 475 g/mol. The number of thioether (sulfide) groups is 1. The van der Waals surface area contributed by atoms with Crippen LogP contribution in [-0.4, -0.2) is 41.8 Å². The molecule has 31 heavy (non-hydrogen) atoms. The van der Waals surface area contributed by atoms with Gasteiger partial charge in [-0.1, -0.05) is 0 Å². The number of pyridine rings is 1. The molecule has 2 aromatic rings. The minimum absolute atomic E-state index is 0.0356. The fourth-order valence-corrected chi connectivity index (χ4v) is 3.86. The number of carbonyl (C=O) groups is 2. The molecule has 1 aliphatic rings. The van der Waals surface area contributed by atoms with E-state index in [1.807, 2.05) is 4.72 Å². The van der Waals surface area contributed by atoms with Crippen molar-refractivity contribution in [3.05, 3.63) is 48.2 Å². The fourth-order valence-electron chi connectivity index (χ4n) is 2.92. The maximum Gasteiger partial charge on any atom is 0.446 e. The minimum atomic E-state index is -4.45. The number of imide groups is 1. The molecule has 2 heterocycles. The maximum absolute atomic E-state index is 12.9. The van der Waals surface area contributed by atoms with Crippen LogP contribution in [0.2, 0.25) is 0 Å². The highest BCUT2D eigenvalue weighted by atomic mass is 32.2. The van der Waals surface area contributed by atoms with E-state index in [1.54, 1.807) is 0 Å². The Morgan fingerprint density at radius 2 is 1.84 bits per heavy atom. The predicted octanol–water partition coefficient (Wildman–Crippen LogP) is 2.67. The third-order valence-electron chi connectivity index (χ3n) is 4.23. The lowest BCUT2D eigenvalue weighted by molar-refractivity contribution is -0.119. The summed E-state index contributed by atoms with van der Waals surface area (Å²) in [7, 11) is -4.04. The number of aromatic nitrogens is 1. The molecule has 14 heteroatoms. The molecule has 1 fully saturated rings. The van der Waals surface area contributed by atoms with Gasteiger partial charge in [-0.05, 0) is 60.6 Å². The number of alkyl halides is 3. The van der Waals surface area contributed by atoms with Crippen LogP contribution in [0.5, 0.6) is 0 Å². The molecule has 9 nitrogen and oxygen atoms in total. The summed E-state index contributed by atoms with van der Waals surface area (Å²) in [5.41, 5.74) is -3.83. The third kappa shape index (κ3) is 5.65. The van der Waals surface area contributed by atoms with Crippen molar-refractivity contribution in [2.24, 2.45) is 5.14 Å². The number of halogens is 3. The molecule has 1 aromatic carbocycles. The molecule has 0 spiro atoms. The van der Waals surface area contributed by atoms with Crippen molar-refractivity contribution in [2.45, 2.75) is 29.9 Å². The van der Waals surface area contributed by atoms with Crippen LogP contribution in [-0.2, 0) is 21.5 Å². The van der Waals surface area contributed by atoms with Crippen molar-refractivity contribution in [2.75, 3.05) is 9.62 Å². The molecule has 1 aromatic heterocycles. The summed E-state index contributed by atoms with van der Waals surface area (Å²) < 4.78 is 61.8. The van der Waals surface area contributed by atoms with E-state index in [1.165, 1.54) is 54.4 Å². The van der Waals surface area contributed by atoms with Gasteiger partial charge in [-0.3, -0.25) is 9.52 Å². The Hall–Kier alpha value is -2.84. The number of hydrogen-bond acceptors (Lipinski definition) is 6. The first-order valence-electron chi connectivity index (χ1n) is 8.60. The number of carbonyl (C=O) groups excluding carboxylic acids is 2. The van der Waals surface area contributed by atoms with E-state index < -0.39 is 33.7 Å². The highest BCUT2D eigenvalue weighted by Gasteiger charge is 2.43. The standard InChI is InChI=1S/C17H16F3N5O4S2/c1-10-15(26)25(12-2-4-13(5-3-12)30-17(18,19)20)16(27)24(10)9-11-6-7-22-14(8-11)23-31(21,28)29/h2-8,10H,9H2,1H3,(H,22,23)(H2,21,28,29). The molecule has 0 radical (unpaired) electrons. The maximum atomic E-state index is 12.9. The topological polar surface area (TPSA) is 126 Å². The quantitative estimate of drug-likeness (QED) is 0.489. The van der Waals surface area contributed by atoms with Crippen LogP contribution < -0.4 is 14.8 Å². The molecule has 1 aliphatic heterocycles. The molecule has 3 rings (SSSR count). The van der Waals surface area contributed by atoms with Crippen LogP contribution in [0.15, 0.2) is 47.5 Å². The zero-order valence-corrected chi connectivity index (χ0v) is 17.5. The number of rotatable bonds is 6. The zero-order chi connectivity index (χ0) is 23.0. The van der Waals surface area contributed by atoms with Crippen molar-refractivity contribution in [1.29, 1.82) is 0 Å². The van der Waals surface area contributed by atoms with Crippen LogP contribution in [0.1, 0.15) is 12.5 Å². The van der Waals surface area contributed by atoms with Gasteiger partial charge < -0.3 is 4.90 Å². The number of nitrogens with one attached hydrogen (secondary N) is 1. The molecule has 3 N–H and O–H groups in total. The Bertz CT molecular complexity index is 1110. The first-order valence-corrected chi connectivity index (χ1v) is 11.0. The summed E-state index contributed by atoms with van der Waals surface area (Å²) in [6, 6.07) is 6.27. The van der Waals surface area contributed by atoms with E-state index in [2.05, 4.69) is 4.98 Å². The Morgan fingerprint density at radius 1 is 1.19 bits per heavy atom. The normalized spacial score (nSPS) is 17.4. The number of nitrogens with two attached hydrogens (primary N) is 1. The smallest absolute Gasteiger partial charge is 0.308 e.